The zero-order chi connectivity index (χ0) is 23.4. The van der Waals surface area contributed by atoms with Crippen LogP contribution in [-0.4, -0.2) is 41.3 Å². The Bertz CT molecular complexity index is 1270. The topological polar surface area (TPSA) is 92.8 Å². The summed E-state index contributed by atoms with van der Waals surface area (Å²) >= 11 is 0. The highest BCUT2D eigenvalue weighted by Crippen LogP contribution is 2.31. The molecule has 9 heteroatoms. The summed E-state index contributed by atoms with van der Waals surface area (Å²) in [5.74, 6) is 0.216. The molecule has 0 fully saturated rings. The molecule has 0 aliphatic rings. The van der Waals surface area contributed by atoms with Crippen LogP contribution in [0, 0.1) is 0 Å². The maximum Gasteiger partial charge on any atom is 0.262 e. The van der Waals surface area contributed by atoms with Gasteiger partial charge in [-0.25, -0.2) is 16.8 Å². The Morgan fingerprint density at radius 1 is 0.781 bits per heavy atom. The van der Waals surface area contributed by atoms with Gasteiger partial charge >= 0.3 is 0 Å². The number of ether oxygens (including phenoxy) is 1. The van der Waals surface area contributed by atoms with E-state index in [1.165, 1.54) is 41.7 Å². The van der Waals surface area contributed by atoms with E-state index in [0.717, 1.165) is 11.1 Å². The van der Waals surface area contributed by atoms with Gasteiger partial charge in [0.05, 0.1) is 22.6 Å². The molecule has 0 bridgehead atoms. The van der Waals surface area contributed by atoms with Crippen molar-refractivity contribution >= 4 is 25.7 Å². The normalized spacial score (nSPS) is 12.0. The van der Waals surface area contributed by atoms with E-state index in [2.05, 4.69) is 4.72 Å². The lowest BCUT2D eigenvalue weighted by Crippen LogP contribution is -2.30. The third-order valence-corrected chi connectivity index (χ3v) is 8.46. The minimum absolute atomic E-state index is 0.0147. The van der Waals surface area contributed by atoms with Crippen molar-refractivity contribution in [3.63, 3.8) is 0 Å². The first kappa shape index (κ1) is 23.8. The first-order chi connectivity index (χ1) is 15.2. The summed E-state index contributed by atoms with van der Waals surface area (Å²) in [7, 11) is -6.35. The van der Waals surface area contributed by atoms with E-state index >= 15 is 0 Å². The second-order valence-electron chi connectivity index (χ2n) is 6.95. The molecule has 3 rings (SSSR count). The van der Waals surface area contributed by atoms with Crippen LogP contribution >= 0.6 is 0 Å². The lowest BCUT2D eigenvalue weighted by Gasteiger charge is -2.20. The van der Waals surface area contributed by atoms with Gasteiger partial charge in [0.1, 0.15) is 5.75 Å². The maximum atomic E-state index is 13.0. The standard InChI is InChI=1S/C23H26N2O5S2/c1-4-25(5-2)32(28,29)21-15-16-23(30-3)22(17-21)24-31(26,27)20-13-11-19(12-14-20)18-9-7-6-8-10-18/h6-17,24H,4-5H2,1-3H3. The predicted octanol–water partition coefficient (Wildman–Crippen LogP) is 4.19. The van der Waals surface area contributed by atoms with Crippen molar-refractivity contribution in [2.24, 2.45) is 0 Å². The van der Waals surface area contributed by atoms with E-state index in [4.69, 9.17) is 4.74 Å². The van der Waals surface area contributed by atoms with Gasteiger partial charge in [-0.2, -0.15) is 4.31 Å². The van der Waals surface area contributed by atoms with Crippen molar-refractivity contribution in [3.8, 4) is 16.9 Å². The minimum atomic E-state index is -3.98. The summed E-state index contributed by atoms with van der Waals surface area (Å²) in [6, 6.07) is 20.2. The summed E-state index contributed by atoms with van der Waals surface area (Å²) in [4.78, 5) is 0.0374. The smallest absolute Gasteiger partial charge is 0.262 e. The van der Waals surface area contributed by atoms with Crippen LogP contribution in [0.1, 0.15) is 13.8 Å². The van der Waals surface area contributed by atoms with Crippen molar-refractivity contribution in [2.75, 3.05) is 24.9 Å². The van der Waals surface area contributed by atoms with Gasteiger partial charge in [0.25, 0.3) is 10.0 Å². The summed E-state index contributed by atoms with van der Waals surface area (Å²) < 4.78 is 60.7. The first-order valence-corrected chi connectivity index (χ1v) is 13.0. The number of rotatable bonds is 9. The molecule has 0 aliphatic carbocycles. The van der Waals surface area contributed by atoms with Crippen LogP contribution in [0.5, 0.6) is 5.75 Å². The lowest BCUT2D eigenvalue weighted by molar-refractivity contribution is 0.416. The van der Waals surface area contributed by atoms with Crippen LogP contribution in [0.4, 0.5) is 5.69 Å². The molecule has 3 aromatic carbocycles. The van der Waals surface area contributed by atoms with Crippen molar-refractivity contribution in [2.45, 2.75) is 23.6 Å². The molecule has 3 aromatic rings. The Morgan fingerprint density at radius 3 is 1.91 bits per heavy atom. The second kappa shape index (κ2) is 9.72. The highest BCUT2D eigenvalue weighted by molar-refractivity contribution is 7.92. The van der Waals surface area contributed by atoms with Crippen molar-refractivity contribution in [3.05, 3.63) is 72.8 Å². The number of sulfonamides is 2. The summed E-state index contributed by atoms with van der Waals surface area (Å²) in [6.07, 6.45) is 0. The maximum absolute atomic E-state index is 13.0. The minimum Gasteiger partial charge on any atom is -0.495 e. The van der Waals surface area contributed by atoms with E-state index in [-0.39, 0.29) is 21.2 Å². The predicted molar refractivity (Wildman–Crippen MR) is 126 cm³/mol. The van der Waals surface area contributed by atoms with Crippen molar-refractivity contribution < 1.29 is 21.6 Å². The Labute approximate surface area is 189 Å². The van der Waals surface area contributed by atoms with Gasteiger partial charge in [-0.3, -0.25) is 4.72 Å². The van der Waals surface area contributed by atoms with E-state index in [0.29, 0.717) is 13.1 Å². The molecule has 0 radical (unpaired) electrons. The number of benzene rings is 3. The van der Waals surface area contributed by atoms with Gasteiger partial charge in [-0.15, -0.1) is 0 Å². The first-order valence-electron chi connectivity index (χ1n) is 10.1. The summed E-state index contributed by atoms with van der Waals surface area (Å²) in [6.45, 7) is 4.10. The molecule has 32 heavy (non-hydrogen) atoms. The van der Waals surface area contributed by atoms with Crippen LogP contribution in [0.3, 0.4) is 0 Å². The Balaban J connectivity index is 1.94. The van der Waals surface area contributed by atoms with Gasteiger partial charge in [0.15, 0.2) is 0 Å². The van der Waals surface area contributed by atoms with Crippen LogP contribution in [0.2, 0.25) is 0 Å². The Morgan fingerprint density at radius 2 is 1.34 bits per heavy atom. The highest BCUT2D eigenvalue weighted by Gasteiger charge is 2.24. The molecule has 0 aliphatic heterocycles. The molecule has 7 nitrogen and oxygen atoms in total. The average Bonchev–Trinajstić information content (AvgIpc) is 2.80. The fraction of sp³-hybridized carbons (Fsp3) is 0.217. The number of hydrogen-bond acceptors (Lipinski definition) is 5. The molecule has 0 heterocycles. The van der Waals surface area contributed by atoms with Gasteiger partial charge < -0.3 is 4.74 Å². The molecule has 0 spiro atoms. The van der Waals surface area contributed by atoms with E-state index in [1.54, 1.807) is 26.0 Å². The fourth-order valence-electron chi connectivity index (χ4n) is 3.30. The molecule has 0 amide bonds. The molecule has 170 valence electrons. The van der Waals surface area contributed by atoms with E-state index in [1.807, 2.05) is 30.3 Å². The third kappa shape index (κ3) is 4.95. The van der Waals surface area contributed by atoms with E-state index in [9.17, 15) is 16.8 Å². The molecule has 0 unspecified atom stereocenters. The number of nitrogens with zero attached hydrogens (tertiary/aromatic N) is 1. The van der Waals surface area contributed by atoms with Crippen LogP contribution in [0.25, 0.3) is 11.1 Å². The molecular weight excluding hydrogens is 448 g/mol. The van der Waals surface area contributed by atoms with Crippen LogP contribution < -0.4 is 9.46 Å². The number of anilines is 1. The molecule has 1 N–H and O–H groups in total. The number of nitrogens with one attached hydrogen (secondary N) is 1. The Hall–Kier alpha value is -2.88. The van der Waals surface area contributed by atoms with Gasteiger partial charge in [-0.05, 0) is 41.5 Å². The van der Waals surface area contributed by atoms with Gasteiger partial charge in [-0.1, -0.05) is 56.3 Å². The molecule has 0 saturated carbocycles. The van der Waals surface area contributed by atoms with Crippen LogP contribution in [-0.2, 0) is 20.0 Å². The average molecular weight is 475 g/mol. The molecule has 0 atom stereocenters. The summed E-state index contributed by atoms with van der Waals surface area (Å²) in [5, 5.41) is 0. The van der Waals surface area contributed by atoms with E-state index < -0.39 is 20.0 Å². The zero-order valence-corrected chi connectivity index (χ0v) is 19.8. The van der Waals surface area contributed by atoms with Crippen molar-refractivity contribution in [1.29, 1.82) is 0 Å². The third-order valence-electron chi connectivity index (χ3n) is 5.03. The number of methoxy groups -OCH3 is 1. The fourth-order valence-corrected chi connectivity index (χ4v) is 5.85. The number of hydrogen-bond donors (Lipinski definition) is 1. The molecule has 0 aromatic heterocycles. The molecular formula is C23H26N2O5S2. The Kier molecular flexibility index (Phi) is 7.22. The lowest BCUT2D eigenvalue weighted by atomic mass is 10.1. The zero-order valence-electron chi connectivity index (χ0n) is 18.1. The second-order valence-corrected chi connectivity index (χ2v) is 10.6. The van der Waals surface area contributed by atoms with Crippen LogP contribution in [0.15, 0.2) is 82.6 Å². The summed E-state index contributed by atoms with van der Waals surface area (Å²) in [5.41, 5.74) is 1.91. The SMILES string of the molecule is CCN(CC)S(=O)(=O)c1ccc(OC)c(NS(=O)(=O)c2ccc(-c3ccccc3)cc2)c1. The largest absolute Gasteiger partial charge is 0.495 e. The quantitative estimate of drug-likeness (QED) is 0.502. The van der Waals surface area contributed by atoms with Crippen molar-refractivity contribution in [1.82, 2.24) is 4.31 Å². The molecule has 0 saturated heterocycles. The highest BCUT2D eigenvalue weighted by atomic mass is 32.2. The van der Waals surface area contributed by atoms with Gasteiger partial charge in [0.2, 0.25) is 10.0 Å². The van der Waals surface area contributed by atoms with Gasteiger partial charge in [0, 0.05) is 13.1 Å². The monoisotopic (exact) mass is 474 g/mol.